The third-order valence-corrected chi connectivity index (χ3v) is 5.87. The number of aromatic nitrogens is 1. The molecule has 0 amide bonds. The lowest BCUT2D eigenvalue weighted by atomic mass is 9.95. The standard InChI is InChI=1S/C29H25NO/c1-18-14-19(2)16-25(15-18)28-29-24(12-13-30-28)17-26(31-29)22-8-10-23(11-9-22)27-20(3)6-5-7-21(27)4/h5-17H,1-4H3. The number of pyridine rings is 1. The Morgan fingerprint density at radius 3 is 1.97 bits per heavy atom. The Kier molecular flexibility index (Phi) is 4.71. The third-order valence-electron chi connectivity index (χ3n) is 5.87. The lowest BCUT2D eigenvalue weighted by Crippen LogP contribution is -1.87. The summed E-state index contributed by atoms with van der Waals surface area (Å²) in [6, 6.07) is 25.7. The van der Waals surface area contributed by atoms with Crippen LogP contribution in [0.4, 0.5) is 0 Å². The zero-order valence-corrected chi connectivity index (χ0v) is 18.4. The zero-order chi connectivity index (χ0) is 21.5. The average Bonchev–Trinajstić information content (AvgIpc) is 3.18. The molecule has 3 aromatic carbocycles. The highest BCUT2D eigenvalue weighted by Gasteiger charge is 2.14. The molecule has 0 N–H and O–H groups in total. The van der Waals surface area contributed by atoms with Crippen molar-refractivity contribution in [2.45, 2.75) is 27.7 Å². The zero-order valence-electron chi connectivity index (χ0n) is 18.4. The van der Waals surface area contributed by atoms with Crippen LogP contribution < -0.4 is 0 Å². The van der Waals surface area contributed by atoms with Crippen LogP contribution in [0.15, 0.2) is 83.4 Å². The Morgan fingerprint density at radius 1 is 0.645 bits per heavy atom. The second kappa shape index (κ2) is 7.55. The topological polar surface area (TPSA) is 26.0 Å². The van der Waals surface area contributed by atoms with Gasteiger partial charge >= 0.3 is 0 Å². The van der Waals surface area contributed by atoms with Crippen molar-refractivity contribution in [3.63, 3.8) is 0 Å². The smallest absolute Gasteiger partial charge is 0.161 e. The van der Waals surface area contributed by atoms with Crippen molar-refractivity contribution >= 4 is 11.0 Å². The van der Waals surface area contributed by atoms with Crippen LogP contribution >= 0.6 is 0 Å². The lowest BCUT2D eigenvalue weighted by Gasteiger charge is -2.10. The van der Waals surface area contributed by atoms with Gasteiger partial charge < -0.3 is 4.42 Å². The number of aryl methyl sites for hydroxylation is 4. The fourth-order valence-electron chi connectivity index (χ4n) is 4.49. The van der Waals surface area contributed by atoms with Crippen LogP contribution in [-0.4, -0.2) is 4.98 Å². The van der Waals surface area contributed by atoms with E-state index in [0.29, 0.717) is 0 Å². The van der Waals surface area contributed by atoms with Gasteiger partial charge in [0.2, 0.25) is 0 Å². The van der Waals surface area contributed by atoms with Crippen LogP contribution in [0.2, 0.25) is 0 Å². The predicted octanol–water partition coefficient (Wildman–Crippen LogP) is 8.06. The van der Waals surface area contributed by atoms with E-state index in [9.17, 15) is 0 Å². The Morgan fingerprint density at radius 2 is 1.29 bits per heavy atom. The second-order valence-corrected chi connectivity index (χ2v) is 8.41. The number of nitrogens with zero attached hydrogens (tertiary/aromatic N) is 1. The van der Waals surface area contributed by atoms with Gasteiger partial charge in [-0.3, -0.25) is 4.98 Å². The van der Waals surface area contributed by atoms with Gasteiger partial charge in [-0.05, 0) is 74.2 Å². The molecular weight excluding hydrogens is 378 g/mol. The normalized spacial score (nSPS) is 11.2. The predicted molar refractivity (Wildman–Crippen MR) is 129 cm³/mol. The molecule has 5 aromatic rings. The van der Waals surface area contributed by atoms with Crippen molar-refractivity contribution < 1.29 is 4.42 Å². The highest BCUT2D eigenvalue weighted by Crippen LogP contribution is 2.35. The van der Waals surface area contributed by atoms with Gasteiger partial charge in [-0.1, -0.05) is 59.7 Å². The molecule has 31 heavy (non-hydrogen) atoms. The van der Waals surface area contributed by atoms with Crippen molar-refractivity contribution in [1.29, 1.82) is 0 Å². The molecule has 0 fully saturated rings. The number of furan rings is 1. The largest absolute Gasteiger partial charge is 0.454 e. The molecule has 0 unspecified atom stereocenters. The van der Waals surface area contributed by atoms with Gasteiger partial charge in [0.1, 0.15) is 11.5 Å². The Balaban J connectivity index is 1.57. The van der Waals surface area contributed by atoms with Crippen LogP contribution in [0.3, 0.4) is 0 Å². The highest BCUT2D eigenvalue weighted by molar-refractivity contribution is 5.93. The molecule has 0 aliphatic carbocycles. The van der Waals surface area contributed by atoms with Crippen molar-refractivity contribution in [3.05, 3.63) is 101 Å². The van der Waals surface area contributed by atoms with E-state index in [1.54, 1.807) is 0 Å². The van der Waals surface area contributed by atoms with Crippen LogP contribution in [0.5, 0.6) is 0 Å². The molecular formula is C29H25NO. The summed E-state index contributed by atoms with van der Waals surface area (Å²) >= 11 is 0. The maximum Gasteiger partial charge on any atom is 0.161 e. The molecule has 0 atom stereocenters. The molecule has 0 aliphatic heterocycles. The Bertz CT molecular complexity index is 1370. The summed E-state index contributed by atoms with van der Waals surface area (Å²) in [6.07, 6.45) is 1.86. The summed E-state index contributed by atoms with van der Waals surface area (Å²) in [7, 11) is 0. The minimum Gasteiger partial charge on any atom is -0.454 e. The molecule has 0 aliphatic rings. The van der Waals surface area contributed by atoms with E-state index < -0.39 is 0 Å². The number of hydrogen-bond donors (Lipinski definition) is 0. The number of benzene rings is 3. The minimum atomic E-state index is 0.835. The molecule has 0 spiro atoms. The molecule has 0 saturated carbocycles. The average molecular weight is 404 g/mol. The van der Waals surface area contributed by atoms with Crippen molar-refractivity contribution in [1.82, 2.24) is 4.98 Å². The first kappa shape index (κ1) is 19.3. The van der Waals surface area contributed by atoms with Crippen LogP contribution in [0.25, 0.3) is 44.7 Å². The van der Waals surface area contributed by atoms with E-state index >= 15 is 0 Å². The fraction of sp³-hybridized carbons (Fsp3) is 0.138. The summed E-state index contributed by atoms with van der Waals surface area (Å²) in [5.41, 5.74) is 11.5. The Labute approximate surface area is 183 Å². The molecule has 152 valence electrons. The van der Waals surface area contributed by atoms with E-state index in [0.717, 1.165) is 33.6 Å². The van der Waals surface area contributed by atoms with E-state index in [1.165, 1.54) is 33.4 Å². The van der Waals surface area contributed by atoms with Gasteiger partial charge in [0, 0.05) is 22.7 Å². The first-order chi connectivity index (χ1) is 15.0. The fourth-order valence-corrected chi connectivity index (χ4v) is 4.49. The summed E-state index contributed by atoms with van der Waals surface area (Å²) < 4.78 is 6.35. The molecule has 2 heteroatoms. The first-order valence-corrected chi connectivity index (χ1v) is 10.6. The molecule has 0 bridgehead atoms. The van der Waals surface area contributed by atoms with Crippen molar-refractivity contribution in [2.24, 2.45) is 0 Å². The van der Waals surface area contributed by atoms with Gasteiger partial charge in [-0.25, -0.2) is 0 Å². The second-order valence-electron chi connectivity index (χ2n) is 8.41. The summed E-state index contributed by atoms with van der Waals surface area (Å²) in [4.78, 5) is 4.65. The molecule has 5 rings (SSSR count). The van der Waals surface area contributed by atoms with Crippen LogP contribution in [0.1, 0.15) is 22.3 Å². The van der Waals surface area contributed by atoms with Crippen LogP contribution in [0, 0.1) is 27.7 Å². The first-order valence-electron chi connectivity index (χ1n) is 10.6. The molecule has 2 heterocycles. The Hall–Kier alpha value is -3.65. The summed E-state index contributed by atoms with van der Waals surface area (Å²) in [5, 5.41) is 1.07. The van der Waals surface area contributed by atoms with E-state index in [-0.39, 0.29) is 0 Å². The summed E-state index contributed by atoms with van der Waals surface area (Å²) in [6.45, 7) is 8.55. The van der Waals surface area contributed by atoms with Gasteiger partial charge in [-0.2, -0.15) is 0 Å². The van der Waals surface area contributed by atoms with Crippen molar-refractivity contribution in [2.75, 3.05) is 0 Å². The molecule has 0 radical (unpaired) electrons. The monoisotopic (exact) mass is 403 g/mol. The number of rotatable bonds is 3. The van der Waals surface area contributed by atoms with E-state index in [4.69, 9.17) is 4.42 Å². The number of fused-ring (bicyclic) bond motifs is 1. The minimum absolute atomic E-state index is 0.835. The third kappa shape index (κ3) is 3.55. The van der Waals surface area contributed by atoms with Crippen molar-refractivity contribution in [3.8, 4) is 33.7 Å². The quantitative estimate of drug-likeness (QED) is 0.304. The highest BCUT2D eigenvalue weighted by atomic mass is 16.3. The summed E-state index contributed by atoms with van der Waals surface area (Å²) in [5.74, 6) is 0.863. The SMILES string of the molecule is Cc1cc(C)cc(-c2nccc3cc(-c4ccc(-c5c(C)cccc5C)cc4)oc23)c1. The maximum absolute atomic E-state index is 6.35. The van der Waals surface area contributed by atoms with Gasteiger partial charge in [-0.15, -0.1) is 0 Å². The van der Waals surface area contributed by atoms with E-state index in [2.05, 4.69) is 99.4 Å². The van der Waals surface area contributed by atoms with Crippen LogP contribution in [-0.2, 0) is 0 Å². The van der Waals surface area contributed by atoms with Gasteiger partial charge in [0.25, 0.3) is 0 Å². The molecule has 2 nitrogen and oxygen atoms in total. The number of hydrogen-bond acceptors (Lipinski definition) is 2. The molecule has 2 aromatic heterocycles. The van der Waals surface area contributed by atoms with E-state index in [1.807, 2.05) is 12.3 Å². The lowest BCUT2D eigenvalue weighted by molar-refractivity contribution is 0.631. The maximum atomic E-state index is 6.35. The van der Waals surface area contributed by atoms with Gasteiger partial charge in [0.05, 0.1) is 0 Å². The van der Waals surface area contributed by atoms with Gasteiger partial charge in [0.15, 0.2) is 5.58 Å². The molecule has 0 saturated heterocycles.